The van der Waals surface area contributed by atoms with Crippen LogP contribution in [0.15, 0.2) is 0 Å². The minimum absolute atomic E-state index is 0.363. The zero-order valence-electron chi connectivity index (χ0n) is 10.9. The lowest BCUT2D eigenvalue weighted by Gasteiger charge is -2.26. The van der Waals surface area contributed by atoms with E-state index in [1.807, 2.05) is 14.0 Å². The van der Waals surface area contributed by atoms with Crippen molar-refractivity contribution in [1.29, 1.82) is 5.26 Å². The number of hydrogen-bond acceptors (Lipinski definition) is 3. The van der Waals surface area contributed by atoms with Crippen LogP contribution < -0.4 is 5.32 Å². The molecule has 16 heavy (non-hydrogen) atoms. The summed E-state index contributed by atoms with van der Waals surface area (Å²) in [5.74, 6) is 0.872. The van der Waals surface area contributed by atoms with E-state index in [2.05, 4.69) is 23.2 Å². The van der Waals surface area contributed by atoms with Crippen molar-refractivity contribution in [2.24, 2.45) is 5.92 Å². The van der Waals surface area contributed by atoms with Crippen LogP contribution in [0.3, 0.4) is 0 Å². The topological polar surface area (TPSA) is 39.1 Å². The highest BCUT2D eigenvalue weighted by atomic mass is 15.1. The number of nitrogens with zero attached hydrogens (tertiary/aromatic N) is 2. The Morgan fingerprint density at radius 3 is 2.81 bits per heavy atom. The molecule has 0 amide bonds. The van der Waals surface area contributed by atoms with Gasteiger partial charge in [-0.3, -0.25) is 0 Å². The average Bonchev–Trinajstić information content (AvgIpc) is 2.51. The van der Waals surface area contributed by atoms with Gasteiger partial charge in [0.05, 0.1) is 6.07 Å². The fourth-order valence-electron chi connectivity index (χ4n) is 2.16. The van der Waals surface area contributed by atoms with Crippen LogP contribution in [0.1, 0.15) is 39.5 Å². The van der Waals surface area contributed by atoms with Gasteiger partial charge in [0.1, 0.15) is 5.54 Å². The Kier molecular flexibility index (Phi) is 5.24. The summed E-state index contributed by atoms with van der Waals surface area (Å²) >= 11 is 0. The van der Waals surface area contributed by atoms with E-state index >= 15 is 0 Å². The zero-order chi connectivity index (χ0) is 12.0. The molecule has 92 valence electrons. The molecular formula is C13H25N3. The van der Waals surface area contributed by atoms with Gasteiger partial charge in [0, 0.05) is 6.54 Å². The first-order chi connectivity index (χ1) is 7.59. The average molecular weight is 223 g/mol. The first-order valence-corrected chi connectivity index (χ1v) is 6.42. The molecule has 0 aromatic rings. The molecule has 0 spiro atoms. The summed E-state index contributed by atoms with van der Waals surface area (Å²) in [6, 6.07) is 2.35. The summed E-state index contributed by atoms with van der Waals surface area (Å²) in [6.45, 7) is 7.77. The van der Waals surface area contributed by atoms with Gasteiger partial charge >= 0.3 is 0 Å². The molecule has 3 nitrogen and oxygen atoms in total. The maximum atomic E-state index is 9.08. The van der Waals surface area contributed by atoms with Crippen molar-refractivity contribution in [2.75, 3.05) is 26.7 Å². The molecule has 0 aromatic carbocycles. The van der Waals surface area contributed by atoms with Crippen molar-refractivity contribution in [3.8, 4) is 6.07 Å². The summed E-state index contributed by atoms with van der Waals surface area (Å²) in [6.07, 6.45) is 4.89. The molecule has 2 atom stereocenters. The van der Waals surface area contributed by atoms with Crippen molar-refractivity contribution in [3.05, 3.63) is 0 Å². The maximum absolute atomic E-state index is 9.08. The zero-order valence-corrected chi connectivity index (χ0v) is 10.9. The minimum atomic E-state index is -0.363. The van der Waals surface area contributed by atoms with Crippen molar-refractivity contribution >= 4 is 0 Å². The Balaban J connectivity index is 2.35. The molecule has 0 radical (unpaired) electrons. The Labute approximate surface area is 99.8 Å². The molecule has 1 saturated heterocycles. The van der Waals surface area contributed by atoms with Gasteiger partial charge in [0.25, 0.3) is 0 Å². The molecule has 0 bridgehead atoms. The third-order valence-electron chi connectivity index (χ3n) is 3.84. The molecule has 1 rings (SSSR count). The third kappa shape index (κ3) is 4.11. The van der Waals surface area contributed by atoms with E-state index in [1.165, 1.54) is 32.4 Å². The SMILES string of the molecule is CNC(C)(C#N)CCN1CCCC(C)CC1. The molecule has 0 aromatic heterocycles. The van der Waals surface area contributed by atoms with Crippen LogP contribution in [0.25, 0.3) is 0 Å². The van der Waals surface area contributed by atoms with Crippen LogP contribution in [-0.4, -0.2) is 37.1 Å². The van der Waals surface area contributed by atoms with Crippen LogP contribution in [0.4, 0.5) is 0 Å². The molecule has 1 aliphatic heterocycles. The molecule has 1 heterocycles. The molecule has 3 heteroatoms. The van der Waals surface area contributed by atoms with Crippen molar-refractivity contribution in [1.82, 2.24) is 10.2 Å². The third-order valence-corrected chi connectivity index (χ3v) is 3.84. The minimum Gasteiger partial charge on any atom is -0.303 e. The highest BCUT2D eigenvalue weighted by Gasteiger charge is 2.22. The maximum Gasteiger partial charge on any atom is 0.104 e. The van der Waals surface area contributed by atoms with Gasteiger partial charge in [-0.15, -0.1) is 0 Å². The van der Waals surface area contributed by atoms with Gasteiger partial charge in [0.2, 0.25) is 0 Å². The molecule has 0 aliphatic carbocycles. The van der Waals surface area contributed by atoms with E-state index in [0.717, 1.165) is 18.9 Å². The lowest BCUT2D eigenvalue weighted by atomic mass is 10.00. The fourth-order valence-corrected chi connectivity index (χ4v) is 2.16. The smallest absolute Gasteiger partial charge is 0.104 e. The number of nitriles is 1. The van der Waals surface area contributed by atoms with Crippen LogP contribution in [-0.2, 0) is 0 Å². The summed E-state index contributed by atoms with van der Waals surface area (Å²) in [5, 5.41) is 12.2. The van der Waals surface area contributed by atoms with Crippen LogP contribution in [0.2, 0.25) is 0 Å². The highest BCUT2D eigenvalue weighted by Crippen LogP contribution is 2.17. The quantitative estimate of drug-likeness (QED) is 0.792. The molecule has 0 saturated carbocycles. The number of hydrogen-bond donors (Lipinski definition) is 1. The van der Waals surface area contributed by atoms with Gasteiger partial charge < -0.3 is 10.2 Å². The number of nitrogens with one attached hydrogen (secondary N) is 1. The largest absolute Gasteiger partial charge is 0.303 e. The van der Waals surface area contributed by atoms with Crippen LogP contribution >= 0.6 is 0 Å². The number of likely N-dealkylation sites (tertiary alicyclic amines) is 1. The van der Waals surface area contributed by atoms with E-state index in [1.54, 1.807) is 0 Å². The molecule has 1 N–H and O–H groups in total. The molecule has 1 fully saturated rings. The molecular weight excluding hydrogens is 198 g/mol. The van der Waals surface area contributed by atoms with E-state index in [4.69, 9.17) is 5.26 Å². The second kappa shape index (κ2) is 6.22. The number of rotatable bonds is 4. The van der Waals surface area contributed by atoms with Gasteiger partial charge in [-0.25, -0.2) is 0 Å². The van der Waals surface area contributed by atoms with Gasteiger partial charge in [-0.05, 0) is 58.7 Å². The highest BCUT2D eigenvalue weighted by molar-refractivity contribution is 5.03. The Bertz CT molecular complexity index is 246. The van der Waals surface area contributed by atoms with Gasteiger partial charge in [0.15, 0.2) is 0 Å². The summed E-state index contributed by atoms with van der Waals surface area (Å²) in [5.41, 5.74) is -0.363. The van der Waals surface area contributed by atoms with Crippen molar-refractivity contribution in [3.63, 3.8) is 0 Å². The van der Waals surface area contributed by atoms with E-state index in [-0.39, 0.29) is 5.54 Å². The van der Waals surface area contributed by atoms with Gasteiger partial charge in [-0.1, -0.05) is 6.92 Å². The van der Waals surface area contributed by atoms with Crippen LogP contribution in [0, 0.1) is 17.2 Å². The van der Waals surface area contributed by atoms with Crippen molar-refractivity contribution < 1.29 is 0 Å². The Hall–Kier alpha value is -0.590. The summed E-state index contributed by atoms with van der Waals surface area (Å²) in [7, 11) is 1.87. The Morgan fingerprint density at radius 1 is 1.44 bits per heavy atom. The Morgan fingerprint density at radius 2 is 2.19 bits per heavy atom. The monoisotopic (exact) mass is 223 g/mol. The second-order valence-corrected chi connectivity index (χ2v) is 5.32. The fraction of sp³-hybridized carbons (Fsp3) is 0.923. The normalized spacial score (nSPS) is 26.8. The standard InChI is InChI=1S/C13H25N3/c1-12-5-4-8-16(9-6-12)10-7-13(2,11-14)15-3/h12,15H,4-10H2,1-3H3. The lowest BCUT2D eigenvalue weighted by molar-refractivity contribution is 0.254. The van der Waals surface area contributed by atoms with E-state index < -0.39 is 0 Å². The van der Waals surface area contributed by atoms with E-state index in [9.17, 15) is 0 Å². The molecule has 2 unspecified atom stereocenters. The lowest BCUT2D eigenvalue weighted by Crippen LogP contribution is -2.41. The predicted molar refractivity (Wildman–Crippen MR) is 67.1 cm³/mol. The second-order valence-electron chi connectivity index (χ2n) is 5.32. The van der Waals surface area contributed by atoms with Gasteiger partial charge in [-0.2, -0.15) is 5.26 Å². The first-order valence-electron chi connectivity index (χ1n) is 6.42. The summed E-state index contributed by atoms with van der Waals surface area (Å²) in [4.78, 5) is 2.51. The first kappa shape index (κ1) is 13.5. The van der Waals surface area contributed by atoms with Crippen molar-refractivity contribution in [2.45, 2.75) is 45.1 Å². The molecule has 1 aliphatic rings. The summed E-state index contributed by atoms with van der Waals surface area (Å²) < 4.78 is 0. The van der Waals surface area contributed by atoms with Crippen LogP contribution in [0.5, 0.6) is 0 Å². The predicted octanol–water partition coefficient (Wildman–Crippen LogP) is 2.00. The van der Waals surface area contributed by atoms with E-state index in [0.29, 0.717) is 0 Å².